The highest BCUT2D eigenvalue weighted by Gasteiger charge is 2.09. The van der Waals surface area contributed by atoms with E-state index in [0.29, 0.717) is 18.7 Å². The predicted octanol–water partition coefficient (Wildman–Crippen LogP) is 2.72. The van der Waals surface area contributed by atoms with Crippen LogP contribution in [0.4, 0.5) is 17.2 Å². The van der Waals surface area contributed by atoms with Gasteiger partial charge in [0.25, 0.3) is 0 Å². The Bertz CT molecular complexity index is 528. The average Bonchev–Trinajstić information content (AvgIpc) is 2.42. The normalized spacial score (nSPS) is 9.72. The van der Waals surface area contributed by atoms with Crippen LogP contribution in [-0.4, -0.2) is 11.5 Å². The lowest BCUT2D eigenvalue weighted by molar-refractivity contribution is 0.927. The van der Waals surface area contributed by atoms with E-state index in [1.165, 1.54) is 0 Å². The molecule has 0 spiro atoms. The Hall–Kier alpha value is -2.54. The van der Waals surface area contributed by atoms with Crippen LogP contribution in [0.3, 0.4) is 0 Å². The van der Waals surface area contributed by atoms with Gasteiger partial charge in [-0.1, -0.05) is 18.2 Å². The molecule has 0 aliphatic heterocycles. The van der Waals surface area contributed by atoms with Crippen molar-refractivity contribution in [1.82, 2.24) is 4.98 Å². The molecule has 0 radical (unpaired) electrons. The highest BCUT2D eigenvalue weighted by molar-refractivity contribution is 5.60. The summed E-state index contributed by atoms with van der Waals surface area (Å²) in [5, 5.41) is 8.74. The Labute approximate surface area is 106 Å². The number of aromatic nitrogens is 1. The molecule has 1 aromatic carbocycles. The maximum Gasteiger partial charge on any atom is 0.133 e. The van der Waals surface area contributed by atoms with Crippen molar-refractivity contribution >= 4 is 17.2 Å². The lowest BCUT2D eigenvalue weighted by atomic mass is 10.2. The van der Waals surface area contributed by atoms with Crippen LogP contribution in [0.25, 0.3) is 0 Å². The summed E-state index contributed by atoms with van der Waals surface area (Å²) < 4.78 is 0. The molecular formula is C14H14N4. The third kappa shape index (κ3) is 2.77. The van der Waals surface area contributed by atoms with Crippen LogP contribution in [0, 0.1) is 11.3 Å². The minimum Gasteiger partial charge on any atom is -0.397 e. The highest BCUT2D eigenvalue weighted by Crippen LogP contribution is 2.23. The van der Waals surface area contributed by atoms with Crippen molar-refractivity contribution in [3.05, 3.63) is 48.7 Å². The number of nitrogens with two attached hydrogens (primary N) is 1. The fraction of sp³-hybridized carbons (Fsp3) is 0.143. The van der Waals surface area contributed by atoms with Gasteiger partial charge in [-0.05, 0) is 24.3 Å². The molecule has 4 heteroatoms. The van der Waals surface area contributed by atoms with Gasteiger partial charge in [0.15, 0.2) is 0 Å². The Morgan fingerprint density at radius 3 is 2.56 bits per heavy atom. The van der Waals surface area contributed by atoms with Gasteiger partial charge in [-0.3, -0.25) is 0 Å². The van der Waals surface area contributed by atoms with Gasteiger partial charge >= 0.3 is 0 Å². The van der Waals surface area contributed by atoms with E-state index in [2.05, 4.69) is 11.1 Å². The smallest absolute Gasteiger partial charge is 0.133 e. The lowest BCUT2D eigenvalue weighted by Crippen LogP contribution is -2.19. The highest BCUT2D eigenvalue weighted by atomic mass is 15.2. The van der Waals surface area contributed by atoms with Crippen molar-refractivity contribution in [3.63, 3.8) is 0 Å². The molecule has 0 saturated carbocycles. The van der Waals surface area contributed by atoms with Gasteiger partial charge in [-0.2, -0.15) is 5.26 Å². The number of nitriles is 1. The van der Waals surface area contributed by atoms with E-state index in [-0.39, 0.29) is 0 Å². The molecule has 2 aromatic rings. The molecular weight excluding hydrogens is 224 g/mol. The van der Waals surface area contributed by atoms with Crippen LogP contribution < -0.4 is 10.6 Å². The summed E-state index contributed by atoms with van der Waals surface area (Å²) in [6, 6.07) is 15.7. The molecule has 0 aliphatic carbocycles. The van der Waals surface area contributed by atoms with Gasteiger partial charge in [0.2, 0.25) is 0 Å². The molecule has 0 fully saturated rings. The summed E-state index contributed by atoms with van der Waals surface area (Å²) in [5.41, 5.74) is 7.28. The largest absolute Gasteiger partial charge is 0.397 e. The van der Waals surface area contributed by atoms with Gasteiger partial charge in [-0.25, -0.2) is 4.98 Å². The van der Waals surface area contributed by atoms with Crippen molar-refractivity contribution in [2.75, 3.05) is 17.2 Å². The van der Waals surface area contributed by atoms with E-state index in [9.17, 15) is 0 Å². The van der Waals surface area contributed by atoms with Gasteiger partial charge < -0.3 is 10.6 Å². The molecule has 0 bridgehead atoms. The first-order valence-electron chi connectivity index (χ1n) is 5.72. The molecule has 2 N–H and O–H groups in total. The standard InChI is InChI=1S/C14H14N4/c15-9-4-10-18(13-5-2-1-3-6-13)14-8-7-12(16)11-17-14/h1-3,5-8,11H,4,10,16H2. The number of nitrogen functional groups attached to an aromatic ring is 1. The third-order valence-corrected chi connectivity index (χ3v) is 2.56. The van der Waals surface area contributed by atoms with Gasteiger partial charge in [0.1, 0.15) is 5.82 Å². The molecule has 90 valence electrons. The summed E-state index contributed by atoms with van der Waals surface area (Å²) in [6.45, 7) is 0.609. The van der Waals surface area contributed by atoms with E-state index < -0.39 is 0 Å². The van der Waals surface area contributed by atoms with Gasteiger partial charge in [0, 0.05) is 12.2 Å². The van der Waals surface area contributed by atoms with Gasteiger partial charge in [0.05, 0.1) is 24.4 Å². The number of anilines is 3. The van der Waals surface area contributed by atoms with Crippen LogP contribution in [0.2, 0.25) is 0 Å². The first-order chi connectivity index (χ1) is 8.81. The van der Waals surface area contributed by atoms with E-state index >= 15 is 0 Å². The Balaban J connectivity index is 2.31. The fourth-order valence-corrected chi connectivity index (χ4v) is 1.70. The number of nitrogens with zero attached hydrogens (tertiary/aromatic N) is 3. The number of pyridine rings is 1. The topological polar surface area (TPSA) is 65.9 Å². The van der Waals surface area contributed by atoms with Crippen LogP contribution in [0.15, 0.2) is 48.7 Å². The number of benzene rings is 1. The van der Waals surface area contributed by atoms with Crippen molar-refractivity contribution < 1.29 is 0 Å². The molecule has 0 saturated heterocycles. The second-order valence-corrected chi connectivity index (χ2v) is 3.85. The quantitative estimate of drug-likeness (QED) is 0.889. The molecule has 2 rings (SSSR count). The Morgan fingerprint density at radius 1 is 1.17 bits per heavy atom. The van der Waals surface area contributed by atoms with Crippen LogP contribution in [0.5, 0.6) is 0 Å². The lowest BCUT2D eigenvalue weighted by Gasteiger charge is -2.22. The number of para-hydroxylation sites is 1. The molecule has 0 unspecified atom stereocenters. The zero-order valence-corrected chi connectivity index (χ0v) is 9.95. The fourth-order valence-electron chi connectivity index (χ4n) is 1.70. The maximum absolute atomic E-state index is 8.74. The van der Waals surface area contributed by atoms with Crippen molar-refractivity contribution in [2.24, 2.45) is 0 Å². The summed E-state index contributed by atoms with van der Waals surface area (Å²) in [7, 11) is 0. The van der Waals surface area contributed by atoms with Crippen molar-refractivity contribution in [2.45, 2.75) is 6.42 Å². The minimum atomic E-state index is 0.445. The molecule has 0 aliphatic rings. The number of rotatable bonds is 4. The summed E-state index contributed by atoms with van der Waals surface area (Å²) in [6.07, 6.45) is 2.07. The number of hydrogen-bond donors (Lipinski definition) is 1. The number of hydrogen-bond acceptors (Lipinski definition) is 4. The first kappa shape index (κ1) is 11.9. The molecule has 1 aromatic heterocycles. The summed E-state index contributed by atoms with van der Waals surface area (Å²) in [5.74, 6) is 0.797. The van der Waals surface area contributed by atoms with E-state index in [1.54, 1.807) is 6.20 Å². The SMILES string of the molecule is N#CCCN(c1ccccc1)c1ccc(N)cn1. The Morgan fingerprint density at radius 2 is 1.94 bits per heavy atom. The predicted molar refractivity (Wildman–Crippen MR) is 72.3 cm³/mol. The van der Waals surface area contributed by atoms with E-state index in [1.807, 2.05) is 47.4 Å². The zero-order valence-electron chi connectivity index (χ0n) is 9.95. The first-order valence-corrected chi connectivity index (χ1v) is 5.72. The molecule has 4 nitrogen and oxygen atoms in total. The van der Waals surface area contributed by atoms with Crippen molar-refractivity contribution in [3.8, 4) is 6.07 Å². The van der Waals surface area contributed by atoms with E-state index in [4.69, 9.17) is 11.0 Å². The molecule has 0 amide bonds. The monoisotopic (exact) mass is 238 g/mol. The van der Waals surface area contributed by atoms with E-state index in [0.717, 1.165) is 11.5 Å². The summed E-state index contributed by atoms with van der Waals surface area (Å²) >= 11 is 0. The zero-order chi connectivity index (χ0) is 12.8. The molecule has 1 heterocycles. The minimum absolute atomic E-state index is 0.445. The molecule has 0 atom stereocenters. The summed E-state index contributed by atoms with van der Waals surface area (Å²) in [4.78, 5) is 6.30. The molecule has 18 heavy (non-hydrogen) atoms. The van der Waals surface area contributed by atoms with Crippen LogP contribution >= 0.6 is 0 Å². The Kier molecular flexibility index (Phi) is 3.77. The third-order valence-electron chi connectivity index (χ3n) is 2.56. The van der Waals surface area contributed by atoms with Crippen molar-refractivity contribution in [1.29, 1.82) is 5.26 Å². The average molecular weight is 238 g/mol. The van der Waals surface area contributed by atoms with Crippen LogP contribution in [-0.2, 0) is 0 Å². The van der Waals surface area contributed by atoms with Crippen LogP contribution in [0.1, 0.15) is 6.42 Å². The second kappa shape index (κ2) is 5.69. The second-order valence-electron chi connectivity index (χ2n) is 3.85. The van der Waals surface area contributed by atoms with Gasteiger partial charge in [-0.15, -0.1) is 0 Å². The maximum atomic E-state index is 8.74.